The molecule has 0 saturated heterocycles. The molecule has 3 heterocycles. The first kappa shape index (κ1) is 18.4. The highest BCUT2D eigenvalue weighted by atomic mass is 35.5. The fraction of sp³-hybridized carbons (Fsp3) is 0.0909. The van der Waals surface area contributed by atoms with Gasteiger partial charge in [-0.3, -0.25) is 0 Å². The smallest absolute Gasteiger partial charge is 0.207 e. The summed E-state index contributed by atoms with van der Waals surface area (Å²) in [6.07, 6.45) is 2.37. The van der Waals surface area contributed by atoms with Crippen LogP contribution < -0.4 is 5.01 Å². The standard InChI is InChI=1S/C22H15Cl2N3OS/c23-16-9-8-15(11-17(16)24)18-12-20(21-7-4-10-28-21)27(26-18)22-25-19(13-29-22)14-5-2-1-3-6-14/h1-11,13,20H,12H2. The molecule has 144 valence electrons. The Labute approximate surface area is 182 Å². The van der Waals surface area contributed by atoms with E-state index in [0.29, 0.717) is 16.5 Å². The summed E-state index contributed by atoms with van der Waals surface area (Å²) in [5.74, 6) is 0.847. The van der Waals surface area contributed by atoms with Crippen LogP contribution in [0.5, 0.6) is 0 Å². The molecular weight excluding hydrogens is 425 g/mol. The summed E-state index contributed by atoms with van der Waals surface area (Å²) in [7, 11) is 0. The van der Waals surface area contributed by atoms with Gasteiger partial charge in [0, 0.05) is 17.4 Å². The van der Waals surface area contributed by atoms with Crippen LogP contribution >= 0.6 is 34.5 Å². The maximum absolute atomic E-state index is 6.22. The Kier molecular flexibility index (Phi) is 4.87. The fourth-order valence-electron chi connectivity index (χ4n) is 3.35. The van der Waals surface area contributed by atoms with Crippen LogP contribution in [-0.4, -0.2) is 10.7 Å². The fourth-order valence-corrected chi connectivity index (χ4v) is 4.48. The highest BCUT2D eigenvalue weighted by Gasteiger charge is 2.33. The monoisotopic (exact) mass is 439 g/mol. The molecule has 29 heavy (non-hydrogen) atoms. The Bertz CT molecular complexity index is 1170. The molecule has 0 fully saturated rings. The minimum absolute atomic E-state index is 0.0655. The van der Waals surface area contributed by atoms with Crippen LogP contribution in [0.4, 0.5) is 5.13 Å². The van der Waals surface area contributed by atoms with Gasteiger partial charge in [0.25, 0.3) is 0 Å². The van der Waals surface area contributed by atoms with Gasteiger partial charge in [-0.1, -0.05) is 59.6 Å². The SMILES string of the molecule is Clc1ccc(C2=NN(c3nc(-c4ccccc4)cs3)C(c3ccco3)C2)cc1Cl. The Morgan fingerprint density at radius 2 is 1.83 bits per heavy atom. The van der Waals surface area contributed by atoms with E-state index in [0.717, 1.165) is 33.4 Å². The number of nitrogens with zero attached hydrogens (tertiary/aromatic N) is 3. The number of hydrazone groups is 1. The topological polar surface area (TPSA) is 41.6 Å². The highest BCUT2D eigenvalue weighted by Crippen LogP contribution is 2.40. The Morgan fingerprint density at radius 3 is 2.59 bits per heavy atom. The zero-order valence-electron chi connectivity index (χ0n) is 15.1. The van der Waals surface area contributed by atoms with Crippen LogP contribution in [0.1, 0.15) is 23.8 Å². The average Bonchev–Trinajstić information content (AvgIpc) is 3.50. The average molecular weight is 440 g/mol. The summed E-state index contributed by atoms with van der Waals surface area (Å²) < 4.78 is 5.70. The Balaban J connectivity index is 1.53. The third kappa shape index (κ3) is 3.57. The largest absolute Gasteiger partial charge is 0.467 e. The molecule has 1 aliphatic rings. The van der Waals surface area contributed by atoms with Crippen LogP contribution in [0.25, 0.3) is 11.3 Å². The van der Waals surface area contributed by atoms with Crippen molar-refractivity contribution in [2.24, 2.45) is 5.10 Å². The molecule has 0 radical (unpaired) electrons. The molecule has 1 aliphatic heterocycles. The van der Waals surface area contributed by atoms with E-state index >= 15 is 0 Å². The van der Waals surface area contributed by atoms with Gasteiger partial charge < -0.3 is 4.42 Å². The molecule has 1 unspecified atom stereocenters. The first-order valence-electron chi connectivity index (χ1n) is 9.05. The van der Waals surface area contributed by atoms with Gasteiger partial charge in [0.1, 0.15) is 11.8 Å². The third-order valence-corrected chi connectivity index (χ3v) is 6.36. The first-order valence-corrected chi connectivity index (χ1v) is 10.7. The highest BCUT2D eigenvalue weighted by molar-refractivity contribution is 7.14. The molecule has 2 aromatic heterocycles. The lowest BCUT2D eigenvalue weighted by atomic mass is 10.0. The number of hydrogen-bond donors (Lipinski definition) is 0. The van der Waals surface area contributed by atoms with Crippen molar-refractivity contribution in [2.45, 2.75) is 12.5 Å². The zero-order valence-corrected chi connectivity index (χ0v) is 17.5. The summed E-state index contributed by atoms with van der Waals surface area (Å²) >= 11 is 13.9. The van der Waals surface area contributed by atoms with Crippen molar-refractivity contribution in [3.63, 3.8) is 0 Å². The van der Waals surface area contributed by atoms with Crippen molar-refractivity contribution in [2.75, 3.05) is 5.01 Å². The molecular formula is C22H15Cl2N3OS. The van der Waals surface area contributed by atoms with Gasteiger partial charge in [0.15, 0.2) is 0 Å². The van der Waals surface area contributed by atoms with Crippen molar-refractivity contribution >= 4 is 45.4 Å². The van der Waals surface area contributed by atoms with Gasteiger partial charge in [0.2, 0.25) is 5.13 Å². The van der Waals surface area contributed by atoms with E-state index in [-0.39, 0.29) is 6.04 Å². The second kappa shape index (κ2) is 7.67. The van der Waals surface area contributed by atoms with E-state index in [1.54, 1.807) is 23.7 Å². The summed E-state index contributed by atoms with van der Waals surface area (Å²) in [6.45, 7) is 0. The molecule has 1 atom stereocenters. The van der Waals surface area contributed by atoms with E-state index in [1.165, 1.54) is 0 Å². The molecule has 5 rings (SSSR count). The van der Waals surface area contributed by atoms with E-state index in [9.17, 15) is 0 Å². The maximum atomic E-state index is 6.22. The lowest BCUT2D eigenvalue weighted by molar-refractivity contribution is 0.465. The molecule has 0 bridgehead atoms. The molecule has 0 aliphatic carbocycles. The van der Waals surface area contributed by atoms with Gasteiger partial charge in [-0.25, -0.2) is 9.99 Å². The van der Waals surface area contributed by atoms with Crippen molar-refractivity contribution in [1.82, 2.24) is 4.98 Å². The number of halogens is 2. The van der Waals surface area contributed by atoms with Crippen LogP contribution in [0.3, 0.4) is 0 Å². The number of hydrogen-bond acceptors (Lipinski definition) is 5. The van der Waals surface area contributed by atoms with Gasteiger partial charge >= 0.3 is 0 Å². The molecule has 0 spiro atoms. The summed E-state index contributed by atoms with van der Waals surface area (Å²) in [5, 5.41) is 10.7. The molecule has 0 N–H and O–H groups in total. The van der Waals surface area contributed by atoms with Crippen LogP contribution in [0.15, 0.2) is 81.8 Å². The number of anilines is 1. The number of furan rings is 1. The predicted molar refractivity (Wildman–Crippen MR) is 119 cm³/mol. The maximum Gasteiger partial charge on any atom is 0.207 e. The molecule has 7 heteroatoms. The minimum atomic E-state index is -0.0655. The van der Waals surface area contributed by atoms with E-state index in [2.05, 4.69) is 17.5 Å². The summed E-state index contributed by atoms with van der Waals surface area (Å²) in [6, 6.07) is 19.5. The van der Waals surface area contributed by atoms with E-state index in [1.807, 2.05) is 47.5 Å². The Hall–Kier alpha value is -2.60. The van der Waals surface area contributed by atoms with E-state index in [4.69, 9.17) is 37.7 Å². The third-order valence-electron chi connectivity index (χ3n) is 4.79. The van der Waals surface area contributed by atoms with Crippen LogP contribution in [0.2, 0.25) is 10.0 Å². The molecule has 0 saturated carbocycles. The van der Waals surface area contributed by atoms with E-state index < -0.39 is 0 Å². The molecule has 4 aromatic rings. The summed E-state index contributed by atoms with van der Waals surface area (Å²) in [5.41, 5.74) is 3.87. The van der Waals surface area contributed by atoms with Crippen molar-refractivity contribution in [1.29, 1.82) is 0 Å². The van der Waals surface area contributed by atoms with Crippen molar-refractivity contribution in [3.8, 4) is 11.3 Å². The van der Waals surface area contributed by atoms with Crippen LogP contribution in [0, 0.1) is 0 Å². The normalized spacial score (nSPS) is 16.3. The van der Waals surface area contributed by atoms with Gasteiger partial charge in [-0.05, 0) is 29.8 Å². The lowest BCUT2D eigenvalue weighted by Crippen LogP contribution is -2.17. The molecule has 4 nitrogen and oxygen atoms in total. The molecule has 0 amide bonds. The second-order valence-electron chi connectivity index (χ2n) is 6.64. The number of rotatable bonds is 4. The zero-order chi connectivity index (χ0) is 19.8. The summed E-state index contributed by atoms with van der Waals surface area (Å²) in [4.78, 5) is 4.83. The van der Waals surface area contributed by atoms with Gasteiger partial charge in [-0.2, -0.15) is 5.10 Å². The predicted octanol–water partition coefficient (Wildman–Crippen LogP) is 7.07. The van der Waals surface area contributed by atoms with Crippen molar-refractivity contribution < 1.29 is 4.42 Å². The van der Waals surface area contributed by atoms with Gasteiger partial charge in [-0.15, -0.1) is 11.3 Å². The Morgan fingerprint density at radius 1 is 0.966 bits per heavy atom. The lowest BCUT2D eigenvalue weighted by Gasteiger charge is -2.18. The van der Waals surface area contributed by atoms with Crippen molar-refractivity contribution in [3.05, 3.63) is 93.7 Å². The quantitative estimate of drug-likeness (QED) is 0.341. The van der Waals surface area contributed by atoms with Crippen LogP contribution in [-0.2, 0) is 0 Å². The molecule has 2 aromatic carbocycles. The first-order chi connectivity index (χ1) is 14.2. The minimum Gasteiger partial charge on any atom is -0.467 e. The number of aromatic nitrogens is 1. The number of benzene rings is 2. The second-order valence-corrected chi connectivity index (χ2v) is 8.29. The van der Waals surface area contributed by atoms with Gasteiger partial charge in [0.05, 0.1) is 27.7 Å². The number of thiazole rings is 1.